The highest BCUT2D eigenvalue weighted by molar-refractivity contribution is 5.85. The van der Waals surface area contributed by atoms with Crippen molar-refractivity contribution in [3.05, 3.63) is 0 Å². The predicted octanol–water partition coefficient (Wildman–Crippen LogP) is 0.189. The lowest BCUT2D eigenvalue weighted by atomic mass is 9.79. The molecule has 0 unspecified atom stereocenters. The van der Waals surface area contributed by atoms with Crippen molar-refractivity contribution in [1.29, 1.82) is 0 Å². The van der Waals surface area contributed by atoms with E-state index in [2.05, 4.69) is 0 Å². The molecule has 0 saturated heterocycles. The second-order valence-corrected chi connectivity index (χ2v) is 4.66. The number of carbonyl (C=O) groups is 3. The third kappa shape index (κ3) is 5.25. The van der Waals surface area contributed by atoms with Crippen molar-refractivity contribution >= 4 is 17.8 Å². The van der Waals surface area contributed by atoms with Gasteiger partial charge in [-0.05, 0) is 25.7 Å². The molecule has 1 fully saturated rings. The molecule has 0 spiro atoms. The molecule has 2 N–H and O–H groups in total. The monoisotopic (exact) mass is 273 g/mol. The van der Waals surface area contributed by atoms with Crippen LogP contribution in [0.3, 0.4) is 0 Å². The van der Waals surface area contributed by atoms with E-state index in [4.69, 9.17) is 14.9 Å². The molecule has 7 nitrogen and oxygen atoms in total. The topological polar surface area (TPSA) is 104 Å². The predicted molar refractivity (Wildman–Crippen MR) is 64.6 cm³/mol. The first kappa shape index (κ1) is 15.4. The van der Waals surface area contributed by atoms with E-state index in [0.717, 1.165) is 17.7 Å². The molecule has 0 aromatic heterocycles. The van der Waals surface area contributed by atoms with Gasteiger partial charge in [-0.15, -0.1) is 0 Å². The Morgan fingerprint density at radius 2 is 1.68 bits per heavy atom. The number of ether oxygens (including phenoxy) is 1. The van der Waals surface area contributed by atoms with Gasteiger partial charge >= 0.3 is 11.9 Å². The Bertz CT molecular complexity index is 334. The molecule has 1 aliphatic rings. The number of rotatable bonds is 8. The van der Waals surface area contributed by atoms with Crippen LogP contribution in [0.25, 0.3) is 0 Å². The van der Waals surface area contributed by atoms with Crippen LogP contribution in [0.15, 0.2) is 0 Å². The summed E-state index contributed by atoms with van der Waals surface area (Å²) in [4.78, 5) is 33.9. The second-order valence-electron chi connectivity index (χ2n) is 4.66. The number of amides is 1. The quantitative estimate of drug-likeness (QED) is 0.654. The zero-order valence-corrected chi connectivity index (χ0v) is 10.9. The van der Waals surface area contributed by atoms with E-state index >= 15 is 0 Å². The van der Waals surface area contributed by atoms with E-state index in [1.807, 2.05) is 6.92 Å². The van der Waals surface area contributed by atoms with Crippen molar-refractivity contribution in [1.82, 2.24) is 4.90 Å². The normalized spacial score (nSPS) is 21.5. The van der Waals surface area contributed by atoms with Gasteiger partial charge in [0, 0.05) is 13.0 Å². The van der Waals surface area contributed by atoms with Crippen molar-refractivity contribution < 1.29 is 29.3 Å². The first-order valence-electron chi connectivity index (χ1n) is 6.25. The molecular formula is C12H19NO6. The first-order valence-corrected chi connectivity index (χ1v) is 6.25. The molecule has 0 atom stereocenters. The van der Waals surface area contributed by atoms with Gasteiger partial charge in [-0.2, -0.15) is 0 Å². The number of carboxylic acids is 2. The Morgan fingerprint density at radius 1 is 1.16 bits per heavy atom. The average molecular weight is 273 g/mol. The largest absolute Gasteiger partial charge is 0.480 e. The number of hydrogen-bond acceptors (Lipinski definition) is 4. The van der Waals surface area contributed by atoms with E-state index in [9.17, 15) is 14.4 Å². The fourth-order valence-corrected chi connectivity index (χ4v) is 2.15. The highest BCUT2D eigenvalue weighted by atomic mass is 16.5. The summed E-state index contributed by atoms with van der Waals surface area (Å²) in [5, 5.41) is 17.3. The SMILES string of the molecule is CCOC1CC(CC(=O)N(CC(=O)O)CC(=O)O)C1. The summed E-state index contributed by atoms with van der Waals surface area (Å²) in [6.45, 7) is 1.38. The van der Waals surface area contributed by atoms with Gasteiger partial charge in [-0.1, -0.05) is 0 Å². The molecule has 1 rings (SSSR count). The third-order valence-corrected chi connectivity index (χ3v) is 3.06. The van der Waals surface area contributed by atoms with Crippen molar-refractivity contribution in [3.8, 4) is 0 Å². The molecule has 108 valence electrons. The maximum atomic E-state index is 11.8. The molecule has 1 saturated carbocycles. The molecular weight excluding hydrogens is 254 g/mol. The van der Waals surface area contributed by atoms with Gasteiger partial charge in [0.2, 0.25) is 5.91 Å². The van der Waals surface area contributed by atoms with Crippen LogP contribution in [-0.4, -0.2) is 58.8 Å². The number of carbonyl (C=O) groups excluding carboxylic acids is 1. The summed E-state index contributed by atoms with van der Waals surface area (Å²) in [5.41, 5.74) is 0. The van der Waals surface area contributed by atoms with Crippen LogP contribution in [0, 0.1) is 5.92 Å². The van der Waals surface area contributed by atoms with Crippen LogP contribution < -0.4 is 0 Å². The highest BCUT2D eigenvalue weighted by Gasteiger charge is 2.33. The standard InChI is InChI=1S/C12H19NO6/c1-2-19-9-3-8(4-9)5-10(14)13(6-11(15)16)7-12(17)18/h8-9H,2-7H2,1H3,(H,15,16)(H,17,18). The van der Waals surface area contributed by atoms with Gasteiger partial charge < -0.3 is 19.8 Å². The lowest BCUT2D eigenvalue weighted by Crippen LogP contribution is -2.42. The number of nitrogens with zero attached hydrogens (tertiary/aromatic N) is 1. The molecule has 1 aliphatic carbocycles. The smallest absolute Gasteiger partial charge is 0.323 e. The van der Waals surface area contributed by atoms with Crippen molar-refractivity contribution in [2.24, 2.45) is 5.92 Å². The van der Waals surface area contributed by atoms with Crippen LogP contribution in [-0.2, 0) is 19.1 Å². The summed E-state index contributed by atoms with van der Waals surface area (Å²) in [6, 6.07) is 0. The summed E-state index contributed by atoms with van der Waals surface area (Å²) in [7, 11) is 0. The van der Waals surface area contributed by atoms with Gasteiger partial charge in [0.25, 0.3) is 0 Å². The lowest BCUT2D eigenvalue weighted by molar-refractivity contribution is -0.150. The first-order chi connectivity index (χ1) is 8.92. The Kier molecular flexibility index (Phi) is 5.75. The fraction of sp³-hybridized carbons (Fsp3) is 0.750. The molecule has 0 aromatic rings. The number of aliphatic carboxylic acids is 2. The number of hydrogen-bond donors (Lipinski definition) is 2. The zero-order chi connectivity index (χ0) is 14.4. The van der Waals surface area contributed by atoms with Gasteiger partial charge in [-0.25, -0.2) is 0 Å². The van der Waals surface area contributed by atoms with E-state index in [1.54, 1.807) is 0 Å². The van der Waals surface area contributed by atoms with E-state index < -0.39 is 30.9 Å². The molecule has 7 heteroatoms. The molecule has 0 aliphatic heterocycles. The molecule has 1 amide bonds. The van der Waals surface area contributed by atoms with Crippen LogP contribution in [0.1, 0.15) is 26.2 Å². The fourth-order valence-electron chi connectivity index (χ4n) is 2.15. The van der Waals surface area contributed by atoms with Crippen molar-refractivity contribution in [3.63, 3.8) is 0 Å². The minimum atomic E-state index is -1.21. The van der Waals surface area contributed by atoms with Crippen molar-refractivity contribution in [2.45, 2.75) is 32.3 Å². The highest BCUT2D eigenvalue weighted by Crippen LogP contribution is 2.33. The Balaban J connectivity index is 2.40. The van der Waals surface area contributed by atoms with Crippen LogP contribution in [0.2, 0.25) is 0 Å². The van der Waals surface area contributed by atoms with Crippen molar-refractivity contribution in [2.75, 3.05) is 19.7 Å². The van der Waals surface area contributed by atoms with Gasteiger partial charge in [0.15, 0.2) is 0 Å². The van der Waals surface area contributed by atoms with Crippen LogP contribution >= 0.6 is 0 Å². The molecule has 19 heavy (non-hydrogen) atoms. The van der Waals surface area contributed by atoms with E-state index in [1.165, 1.54) is 0 Å². The average Bonchev–Trinajstić information content (AvgIpc) is 2.23. The Morgan fingerprint density at radius 3 is 2.11 bits per heavy atom. The summed E-state index contributed by atoms with van der Waals surface area (Å²) >= 11 is 0. The minimum absolute atomic E-state index is 0.161. The minimum Gasteiger partial charge on any atom is -0.480 e. The number of carboxylic acid groups (broad SMARTS) is 2. The summed E-state index contributed by atoms with van der Waals surface area (Å²) in [5.74, 6) is -2.69. The van der Waals surface area contributed by atoms with E-state index in [-0.39, 0.29) is 18.4 Å². The van der Waals surface area contributed by atoms with Gasteiger partial charge in [0.05, 0.1) is 6.10 Å². The maximum absolute atomic E-state index is 11.8. The molecule has 0 bridgehead atoms. The zero-order valence-electron chi connectivity index (χ0n) is 10.9. The molecule has 0 aromatic carbocycles. The second kappa shape index (κ2) is 7.08. The van der Waals surface area contributed by atoms with Crippen LogP contribution in [0.5, 0.6) is 0 Å². The summed E-state index contributed by atoms with van der Waals surface area (Å²) < 4.78 is 5.37. The third-order valence-electron chi connectivity index (χ3n) is 3.06. The van der Waals surface area contributed by atoms with Crippen LogP contribution in [0.4, 0.5) is 0 Å². The summed E-state index contributed by atoms with van der Waals surface area (Å²) in [6.07, 6.45) is 1.90. The van der Waals surface area contributed by atoms with E-state index in [0.29, 0.717) is 6.61 Å². The lowest BCUT2D eigenvalue weighted by Gasteiger charge is -2.35. The maximum Gasteiger partial charge on any atom is 0.323 e. The molecule has 0 radical (unpaired) electrons. The Labute approximate surface area is 111 Å². The van der Waals surface area contributed by atoms with Gasteiger partial charge in [0.1, 0.15) is 13.1 Å². The Hall–Kier alpha value is -1.63. The molecule has 0 heterocycles. The van der Waals surface area contributed by atoms with Gasteiger partial charge in [-0.3, -0.25) is 14.4 Å².